The smallest absolute Gasteiger partial charge is 0.231 e. The molecule has 39 heteroatoms. The number of hydrogen-bond donors (Lipinski definition) is 12. The van der Waals surface area contributed by atoms with E-state index in [1.807, 2.05) is 78.9 Å². The molecule has 2 aliphatic heterocycles. The summed E-state index contributed by atoms with van der Waals surface area (Å²) < 4.78 is 136. The highest BCUT2D eigenvalue weighted by Gasteiger charge is 2.23. The molecule has 18 rings (SSSR count). The van der Waals surface area contributed by atoms with Crippen LogP contribution >= 0.6 is 0 Å². The lowest BCUT2D eigenvalue weighted by Crippen LogP contribution is -2.14. The SMILES string of the molecule is CC(Nc1cc(Nc2cc(-c3ccc4c(c3)OCO4)[nH]n2)ncn1)c1ccc(F)cc1F.CC(Nc1cc(Nc2cc(C3CCOCC3)[nH]n2)ncn1)c1ccc(F)cc1F.COc1ccc(-c2cc(Nc3cc(NC(C)c4ccc(F)cc4F)ncn3)n[nH]2)cc1OC.C[C@H](Nc1cc(Nc2cc(-c3ccc4nccnc4c3)[nH]n2)ncn1)c1ccc(F)cc1F. The number of nitrogens with one attached hydrogen (secondary N) is 12. The van der Waals surface area contributed by atoms with Gasteiger partial charge in [-0.3, -0.25) is 30.4 Å². The number of aromatic nitrogens is 18. The Morgan fingerprint density at radius 3 is 1.09 bits per heavy atom. The van der Waals surface area contributed by atoms with Gasteiger partial charge >= 0.3 is 0 Å². The predicted octanol–water partition coefficient (Wildman–Crippen LogP) is 19.2. The molecule has 0 amide bonds. The van der Waals surface area contributed by atoms with Crippen molar-refractivity contribution in [3.63, 3.8) is 0 Å². The molecule has 9 aromatic heterocycles. The van der Waals surface area contributed by atoms with E-state index in [1.54, 1.807) is 78.6 Å². The van der Waals surface area contributed by atoms with Crippen LogP contribution in [0.2, 0.25) is 0 Å². The number of anilines is 12. The molecule has 2 aliphatic rings. The lowest BCUT2D eigenvalue weighted by atomic mass is 9.97. The van der Waals surface area contributed by atoms with Gasteiger partial charge in [-0.05, 0) is 113 Å². The normalized spacial score (nSPS) is 13.1. The van der Waals surface area contributed by atoms with Gasteiger partial charge in [-0.2, -0.15) is 20.4 Å². The highest BCUT2D eigenvalue weighted by molar-refractivity contribution is 5.81. The van der Waals surface area contributed by atoms with E-state index in [-0.39, 0.29) is 6.79 Å². The minimum atomic E-state index is -0.624. The predicted molar refractivity (Wildman–Crippen MR) is 461 cm³/mol. The van der Waals surface area contributed by atoms with Crippen LogP contribution < -0.4 is 61.5 Å². The first-order valence-corrected chi connectivity index (χ1v) is 39.5. The van der Waals surface area contributed by atoms with E-state index in [1.165, 1.54) is 73.8 Å². The van der Waals surface area contributed by atoms with E-state index in [2.05, 4.69) is 133 Å². The third kappa shape index (κ3) is 22.3. The molecule has 31 nitrogen and oxygen atoms in total. The molecule has 648 valence electrons. The molecule has 0 bridgehead atoms. The second-order valence-corrected chi connectivity index (χ2v) is 28.8. The van der Waals surface area contributed by atoms with Gasteiger partial charge < -0.3 is 66.2 Å². The summed E-state index contributed by atoms with van der Waals surface area (Å²) in [5.74, 6) is 4.43. The van der Waals surface area contributed by atoms with Crippen LogP contribution in [0.15, 0.2) is 214 Å². The molecule has 11 heterocycles. The summed E-state index contributed by atoms with van der Waals surface area (Å²) in [6, 6.07) is 43.5. The molecule has 1 fully saturated rings. The van der Waals surface area contributed by atoms with Crippen LogP contribution in [0.4, 0.5) is 105 Å². The van der Waals surface area contributed by atoms with Crippen LogP contribution in [0.1, 0.15) is 98.6 Å². The van der Waals surface area contributed by atoms with E-state index >= 15 is 0 Å². The van der Waals surface area contributed by atoms with Crippen molar-refractivity contribution in [2.24, 2.45) is 0 Å². The lowest BCUT2D eigenvalue weighted by Gasteiger charge is -2.20. The zero-order chi connectivity index (χ0) is 88.5. The van der Waals surface area contributed by atoms with Crippen molar-refractivity contribution in [2.75, 3.05) is 76.8 Å². The highest BCUT2D eigenvalue weighted by atomic mass is 19.2. The number of rotatable bonds is 26. The molecule has 7 aromatic carbocycles. The number of hydrogen-bond acceptors (Lipinski definition) is 27. The van der Waals surface area contributed by atoms with Gasteiger partial charge in [0.25, 0.3) is 0 Å². The summed E-state index contributed by atoms with van der Waals surface area (Å²) >= 11 is 0. The molecule has 0 radical (unpaired) electrons. The van der Waals surface area contributed by atoms with E-state index < -0.39 is 70.7 Å². The van der Waals surface area contributed by atoms with Crippen LogP contribution in [0, 0.1) is 46.5 Å². The maximum atomic E-state index is 14.1. The number of fused-ring (bicyclic) bond motifs is 2. The maximum absolute atomic E-state index is 14.1. The van der Waals surface area contributed by atoms with Gasteiger partial charge in [0.2, 0.25) is 6.79 Å². The second kappa shape index (κ2) is 39.9. The summed E-state index contributed by atoms with van der Waals surface area (Å²) in [5, 5.41) is 54.0. The number of aromatic amines is 4. The van der Waals surface area contributed by atoms with Crippen molar-refractivity contribution in [2.45, 2.75) is 70.6 Å². The van der Waals surface area contributed by atoms with Gasteiger partial charge in [0.1, 0.15) is 118 Å². The van der Waals surface area contributed by atoms with Gasteiger partial charge in [-0.15, -0.1) is 0 Å². The standard InChI is InChI=1S/C23H18F2N8.C23H22F2N6O2.C22H18F2N6O2.C20H22F2N6O/c1-13(16-4-3-15(24)9-17(16)25)30-21-11-22(29-12-28-21)31-23-10-19(32-33-23)14-2-5-18-20(8-14)27-7-6-26-18;1-13(16-6-5-15(24)9-17(16)25)28-21-11-22(27-12-26-21)29-23-10-18(30-31-23)14-4-7-19(32-2)20(8-14)33-3;1-12(15-4-3-14(23)7-16(15)24)27-20-9-21(26-10-25-20)28-22-8-17(29-30-22)13-2-5-18-19(6-13)32-11-31-18;1-12(15-3-2-14(21)8-16(15)22)25-18-10-19(24-11-23-18)26-20-9-17(27-28-20)13-4-6-29-7-5-13/h2-13H,1H3,(H3,28,29,30,31,32,33);4-13H,1-3H3,(H3,26,27,28,29,30,31);2-10,12H,11H2,1H3,(H3,25,26,27,28,29,30);2-3,8-13H,4-7H2,1H3,(H3,23,24,25,26,27,28)/t13-;;;/m0.../s1. The number of benzene rings is 7. The zero-order valence-electron chi connectivity index (χ0n) is 68.5. The Balaban J connectivity index is 0.000000131. The Hall–Kier alpha value is -16.0. The number of methoxy groups -OCH3 is 2. The molecular formula is C88H80F8N26O5. The molecule has 0 saturated carbocycles. The number of halogens is 8. The first-order valence-electron chi connectivity index (χ1n) is 39.5. The summed E-state index contributed by atoms with van der Waals surface area (Å²) in [4.78, 5) is 42.1. The third-order valence-corrected chi connectivity index (χ3v) is 20.0. The van der Waals surface area contributed by atoms with Crippen molar-refractivity contribution < 1.29 is 58.8 Å². The Morgan fingerprint density at radius 1 is 0.331 bits per heavy atom. The largest absolute Gasteiger partial charge is 0.493 e. The van der Waals surface area contributed by atoms with Crippen molar-refractivity contribution in [1.82, 2.24) is 90.6 Å². The summed E-state index contributed by atoms with van der Waals surface area (Å²) in [6.07, 6.45) is 10.8. The fraction of sp³-hybridized carbons (Fsp3) is 0.182. The van der Waals surface area contributed by atoms with E-state index in [9.17, 15) is 35.1 Å². The van der Waals surface area contributed by atoms with E-state index in [4.69, 9.17) is 23.7 Å². The minimum absolute atomic E-state index is 0.213. The molecule has 16 aromatic rings. The van der Waals surface area contributed by atoms with Gasteiger partial charge in [0, 0.05) is 149 Å². The molecule has 4 atom stereocenters. The summed E-state index contributed by atoms with van der Waals surface area (Å²) in [5.41, 5.74) is 9.08. The fourth-order valence-electron chi connectivity index (χ4n) is 13.6. The topological polar surface area (TPSA) is 386 Å². The van der Waals surface area contributed by atoms with Gasteiger partial charge in [0.15, 0.2) is 46.3 Å². The van der Waals surface area contributed by atoms with Crippen LogP contribution in [-0.2, 0) is 4.74 Å². The first-order chi connectivity index (χ1) is 61.6. The highest BCUT2D eigenvalue weighted by Crippen LogP contribution is 2.38. The van der Waals surface area contributed by atoms with Crippen LogP contribution in [0.25, 0.3) is 44.8 Å². The first kappa shape index (κ1) is 86.0. The van der Waals surface area contributed by atoms with Crippen molar-refractivity contribution in [1.29, 1.82) is 0 Å². The Morgan fingerprint density at radius 2 is 0.685 bits per heavy atom. The van der Waals surface area contributed by atoms with E-state index in [0.29, 0.717) is 121 Å². The van der Waals surface area contributed by atoms with Crippen LogP contribution in [-0.4, -0.2) is 125 Å². The molecule has 12 N–H and O–H groups in total. The Labute approximate surface area is 719 Å². The van der Waals surface area contributed by atoms with Crippen molar-refractivity contribution >= 4 is 80.8 Å². The monoisotopic (exact) mass is 1730 g/mol. The minimum Gasteiger partial charge on any atom is -0.493 e. The quantitative estimate of drug-likeness (QED) is 0.0224. The molecule has 0 aliphatic carbocycles. The number of nitrogens with zero attached hydrogens (tertiary/aromatic N) is 14. The van der Waals surface area contributed by atoms with Crippen LogP contribution in [0.3, 0.4) is 0 Å². The molecule has 127 heavy (non-hydrogen) atoms. The Kier molecular flexibility index (Phi) is 27.0. The maximum Gasteiger partial charge on any atom is 0.231 e. The fourth-order valence-corrected chi connectivity index (χ4v) is 13.6. The van der Waals surface area contributed by atoms with Crippen LogP contribution in [0.5, 0.6) is 23.0 Å². The van der Waals surface area contributed by atoms with Crippen molar-refractivity contribution in [3.05, 3.63) is 288 Å². The molecule has 3 unspecified atom stereocenters. The second-order valence-electron chi connectivity index (χ2n) is 28.8. The summed E-state index contributed by atoms with van der Waals surface area (Å²) in [7, 11) is 3.16. The number of H-pyrrole nitrogens is 4. The zero-order valence-corrected chi connectivity index (χ0v) is 68.5. The van der Waals surface area contributed by atoms with E-state index in [0.717, 1.165) is 101 Å². The Bertz CT molecular complexity index is 6480. The number of ether oxygens (including phenoxy) is 5. The van der Waals surface area contributed by atoms with Gasteiger partial charge in [-0.1, -0.05) is 30.3 Å². The molecular weight excluding hydrogens is 1650 g/mol. The van der Waals surface area contributed by atoms with Gasteiger partial charge in [0.05, 0.1) is 66.5 Å². The van der Waals surface area contributed by atoms with Crippen molar-refractivity contribution in [3.8, 4) is 56.8 Å². The average molecular weight is 1730 g/mol. The molecule has 1 saturated heterocycles. The lowest BCUT2D eigenvalue weighted by molar-refractivity contribution is 0.0845. The summed E-state index contributed by atoms with van der Waals surface area (Å²) in [6.45, 7) is 8.80. The molecule has 0 spiro atoms. The average Bonchev–Trinajstić information content (AvgIpc) is 1.72. The third-order valence-electron chi connectivity index (χ3n) is 20.0. The van der Waals surface area contributed by atoms with Gasteiger partial charge in [-0.25, -0.2) is 75.0 Å².